The van der Waals surface area contributed by atoms with Gasteiger partial charge in [-0.3, -0.25) is 4.79 Å². The molecule has 1 heterocycles. The van der Waals surface area contributed by atoms with E-state index in [2.05, 4.69) is 31.5 Å². The molecule has 6 heteroatoms. The number of nitrogens with one attached hydrogen (secondary N) is 2. The van der Waals surface area contributed by atoms with E-state index in [-0.39, 0.29) is 5.91 Å². The summed E-state index contributed by atoms with van der Waals surface area (Å²) in [5.41, 5.74) is -0.521. The van der Waals surface area contributed by atoms with Gasteiger partial charge >= 0.3 is 0 Å². The van der Waals surface area contributed by atoms with E-state index in [1.165, 1.54) is 0 Å². The number of aromatic nitrogens is 1. The van der Waals surface area contributed by atoms with Crippen LogP contribution in [0, 0.1) is 5.41 Å². The zero-order valence-electron chi connectivity index (χ0n) is 9.97. The average Bonchev–Trinajstić information content (AvgIpc) is 2.26. The zero-order chi connectivity index (χ0) is 13.1. The van der Waals surface area contributed by atoms with Gasteiger partial charge in [0.05, 0.1) is 10.4 Å². The predicted molar refractivity (Wildman–Crippen MR) is 73.3 cm³/mol. The summed E-state index contributed by atoms with van der Waals surface area (Å²) in [6.07, 6.45) is 1.65. The largest absolute Gasteiger partial charge is 0.368 e. The van der Waals surface area contributed by atoms with E-state index in [4.69, 9.17) is 11.6 Å². The lowest BCUT2D eigenvalue weighted by atomic mass is 9.92. The smallest absolute Gasteiger partial charge is 0.227 e. The maximum atomic E-state index is 11.6. The molecular formula is C11H15BrClN3O. The van der Waals surface area contributed by atoms with Gasteiger partial charge in [-0.25, -0.2) is 4.98 Å². The van der Waals surface area contributed by atoms with Crippen molar-refractivity contribution in [3.8, 4) is 0 Å². The zero-order valence-corrected chi connectivity index (χ0v) is 12.3. The molecule has 1 rings (SSSR count). The van der Waals surface area contributed by atoms with E-state index in [0.717, 1.165) is 4.47 Å². The molecule has 0 fully saturated rings. The van der Waals surface area contributed by atoms with Crippen molar-refractivity contribution in [3.63, 3.8) is 0 Å². The van der Waals surface area contributed by atoms with Gasteiger partial charge in [-0.15, -0.1) is 0 Å². The van der Waals surface area contributed by atoms with Crippen LogP contribution in [0.25, 0.3) is 0 Å². The van der Waals surface area contributed by atoms with Gasteiger partial charge < -0.3 is 10.6 Å². The van der Waals surface area contributed by atoms with E-state index < -0.39 is 5.41 Å². The summed E-state index contributed by atoms with van der Waals surface area (Å²) in [5, 5.41) is 6.22. The number of nitrogens with zero attached hydrogens (tertiary/aromatic N) is 1. The monoisotopic (exact) mass is 319 g/mol. The highest BCUT2D eigenvalue weighted by Gasteiger charge is 2.26. The number of carbonyl (C=O) groups excluding carboxylic acids is 1. The fraction of sp³-hybridized carbons (Fsp3) is 0.455. The summed E-state index contributed by atoms with van der Waals surface area (Å²) in [6, 6.07) is 1.75. The standard InChI is InChI=1S/C11H15BrClN3O/c1-11(2,10(17)14-3)6-16-9-8(13)4-7(12)5-15-9/h4-5H,6H2,1-3H3,(H,14,17)(H,15,16). The minimum atomic E-state index is -0.521. The average molecular weight is 321 g/mol. The van der Waals surface area contributed by atoms with E-state index in [1.807, 2.05) is 13.8 Å². The lowest BCUT2D eigenvalue weighted by Crippen LogP contribution is -2.39. The molecule has 0 aliphatic rings. The molecule has 0 saturated heterocycles. The third kappa shape index (κ3) is 3.85. The Hall–Kier alpha value is -0.810. The van der Waals surface area contributed by atoms with Crippen LogP contribution < -0.4 is 10.6 Å². The maximum absolute atomic E-state index is 11.6. The molecule has 1 aromatic heterocycles. The molecule has 17 heavy (non-hydrogen) atoms. The SMILES string of the molecule is CNC(=O)C(C)(C)CNc1ncc(Br)cc1Cl. The fourth-order valence-electron chi connectivity index (χ4n) is 1.27. The molecule has 0 atom stereocenters. The molecule has 0 aliphatic heterocycles. The summed E-state index contributed by atoms with van der Waals surface area (Å²) in [6.45, 7) is 4.16. The summed E-state index contributed by atoms with van der Waals surface area (Å²) >= 11 is 9.30. The number of amides is 1. The van der Waals surface area contributed by atoms with Crippen molar-refractivity contribution in [1.29, 1.82) is 0 Å². The third-order valence-corrected chi connectivity index (χ3v) is 3.07. The number of hydrogen-bond donors (Lipinski definition) is 2. The minimum absolute atomic E-state index is 0.0294. The first-order valence-corrected chi connectivity index (χ1v) is 6.31. The summed E-state index contributed by atoms with van der Waals surface area (Å²) < 4.78 is 0.818. The van der Waals surface area contributed by atoms with Crippen LogP contribution in [0.1, 0.15) is 13.8 Å². The number of hydrogen-bond acceptors (Lipinski definition) is 3. The number of pyridine rings is 1. The molecule has 2 N–H and O–H groups in total. The van der Waals surface area contributed by atoms with Gasteiger partial charge in [-0.1, -0.05) is 11.6 Å². The molecule has 0 radical (unpaired) electrons. The molecule has 0 spiro atoms. The molecule has 4 nitrogen and oxygen atoms in total. The number of anilines is 1. The fourth-order valence-corrected chi connectivity index (χ4v) is 1.96. The van der Waals surface area contributed by atoms with Crippen molar-refractivity contribution in [2.24, 2.45) is 5.41 Å². The lowest BCUT2D eigenvalue weighted by molar-refractivity contribution is -0.128. The maximum Gasteiger partial charge on any atom is 0.227 e. The van der Waals surface area contributed by atoms with E-state index >= 15 is 0 Å². The summed E-state index contributed by atoms with van der Waals surface area (Å²) in [4.78, 5) is 15.7. The molecule has 0 aliphatic carbocycles. The van der Waals surface area contributed by atoms with Crippen LogP contribution in [0.2, 0.25) is 5.02 Å². The summed E-state index contributed by atoms with van der Waals surface area (Å²) in [7, 11) is 1.62. The first-order valence-electron chi connectivity index (χ1n) is 5.14. The highest BCUT2D eigenvalue weighted by atomic mass is 79.9. The van der Waals surface area contributed by atoms with Crippen LogP contribution in [0.3, 0.4) is 0 Å². The summed E-state index contributed by atoms with van der Waals surface area (Å²) in [5.74, 6) is 0.546. The Labute approximate surface area is 114 Å². The first kappa shape index (κ1) is 14.3. The highest BCUT2D eigenvalue weighted by Crippen LogP contribution is 2.24. The number of carbonyl (C=O) groups is 1. The van der Waals surface area contributed by atoms with Crippen molar-refractivity contribution in [1.82, 2.24) is 10.3 Å². The van der Waals surface area contributed by atoms with Crippen LogP contribution in [0.5, 0.6) is 0 Å². The van der Waals surface area contributed by atoms with Crippen molar-refractivity contribution >= 4 is 39.3 Å². The molecule has 1 aromatic rings. The quantitative estimate of drug-likeness (QED) is 0.897. The Morgan fingerprint density at radius 3 is 2.76 bits per heavy atom. The molecule has 1 amide bonds. The second-order valence-corrected chi connectivity index (χ2v) is 5.62. The first-order chi connectivity index (χ1) is 7.86. The molecule has 0 bridgehead atoms. The van der Waals surface area contributed by atoms with Crippen LogP contribution in [-0.2, 0) is 4.79 Å². The van der Waals surface area contributed by atoms with Crippen molar-refractivity contribution in [2.45, 2.75) is 13.8 Å². The minimum Gasteiger partial charge on any atom is -0.368 e. The normalized spacial score (nSPS) is 11.1. The molecule has 0 unspecified atom stereocenters. The van der Waals surface area contributed by atoms with Crippen LogP contribution in [0.15, 0.2) is 16.7 Å². The Morgan fingerprint density at radius 1 is 1.59 bits per heavy atom. The third-order valence-electron chi connectivity index (χ3n) is 2.35. The van der Waals surface area contributed by atoms with E-state index in [9.17, 15) is 4.79 Å². The van der Waals surface area contributed by atoms with Crippen LogP contribution >= 0.6 is 27.5 Å². The van der Waals surface area contributed by atoms with Gasteiger partial charge in [0.15, 0.2) is 0 Å². The van der Waals surface area contributed by atoms with Crippen LogP contribution in [-0.4, -0.2) is 24.5 Å². The predicted octanol–water partition coefficient (Wildman–Crippen LogP) is 2.68. The second kappa shape index (κ2) is 5.69. The van der Waals surface area contributed by atoms with Gasteiger partial charge in [0, 0.05) is 24.3 Å². The van der Waals surface area contributed by atoms with Gasteiger partial charge in [-0.2, -0.15) is 0 Å². The number of rotatable bonds is 4. The van der Waals surface area contributed by atoms with Crippen molar-refractivity contribution in [2.75, 3.05) is 18.9 Å². The molecular weight excluding hydrogens is 305 g/mol. The van der Waals surface area contributed by atoms with Gasteiger partial charge in [0.25, 0.3) is 0 Å². The topological polar surface area (TPSA) is 54.0 Å². The Morgan fingerprint density at radius 2 is 2.24 bits per heavy atom. The van der Waals surface area contributed by atoms with E-state index in [0.29, 0.717) is 17.4 Å². The molecule has 0 saturated carbocycles. The Balaban J connectivity index is 2.70. The van der Waals surface area contributed by atoms with Gasteiger partial charge in [0.2, 0.25) is 5.91 Å². The van der Waals surface area contributed by atoms with E-state index in [1.54, 1.807) is 19.3 Å². The molecule has 94 valence electrons. The van der Waals surface area contributed by atoms with Crippen molar-refractivity contribution < 1.29 is 4.79 Å². The Bertz CT molecular complexity index is 423. The highest BCUT2D eigenvalue weighted by molar-refractivity contribution is 9.10. The van der Waals surface area contributed by atoms with Gasteiger partial charge in [0.1, 0.15) is 5.82 Å². The van der Waals surface area contributed by atoms with Crippen molar-refractivity contribution in [3.05, 3.63) is 21.8 Å². The van der Waals surface area contributed by atoms with Gasteiger partial charge in [-0.05, 0) is 35.8 Å². The second-order valence-electron chi connectivity index (χ2n) is 4.30. The Kier molecular flexibility index (Phi) is 4.77. The van der Waals surface area contributed by atoms with Crippen LogP contribution in [0.4, 0.5) is 5.82 Å². The lowest BCUT2D eigenvalue weighted by Gasteiger charge is -2.23. The molecule has 0 aromatic carbocycles. The number of halogens is 2.